The van der Waals surface area contributed by atoms with Crippen molar-refractivity contribution in [1.82, 2.24) is 4.90 Å². The van der Waals surface area contributed by atoms with Gasteiger partial charge in [0.05, 0.1) is 11.9 Å². The molecule has 0 bridgehead atoms. The van der Waals surface area contributed by atoms with Gasteiger partial charge in [0.1, 0.15) is 9.84 Å². The third-order valence-electron chi connectivity index (χ3n) is 4.69. The normalized spacial score (nSPS) is 18.8. The summed E-state index contributed by atoms with van der Waals surface area (Å²) in [6.45, 7) is 2.46. The first-order valence-electron chi connectivity index (χ1n) is 9.05. The molecule has 0 saturated carbocycles. The standard InChI is InChI=1S/C19H29NO4S/c1-25(22,23)18-9-5-13-20(14-11-18)19(21)10-6-15-24-16-12-17-7-3-2-4-8-17/h2-4,7-8,18H,5-6,9-16H2,1H3/t18-/m1/s1. The van der Waals surface area contributed by atoms with Gasteiger partial charge in [-0.05, 0) is 37.7 Å². The van der Waals surface area contributed by atoms with Gasteiger partial charge in [0, 0.05) is 32.4 Å². The zero-order valence-corrected chi connectivity index (χ0v) is 15.8. The van der Waals surface area contributed by atoms with Gasteiger partial charge in [0.25, 0.3) is 0 Å². The predicted molar refractivity (Wildman–Crippen MR) is 99.3 cm³/mol. The van der Waals surface area contributed by atoms with E-state index in [2.05, 4.69) is 12.1 Å². The molecule has 1 aromatic rings. The van der Waals surface area contributed by atoms with Gasteiger partial charge < -0.3 is 9.64 Å². The Morgan fingerprint density at radius 3 is 2.64 bits per heavy atom. The van der Waals surface area contributed by atoms with E-state index in [4.69, 9.17) is 4.74 Å². The molecule has 1 aliphatic rings. The van der Waals surface area contributed by atoms with Gasteiger partial charge in [0.2, 0.25) is 5.91 Å². The summed E-state index contributed by atoms with van der Waals surface area (Å²) in [4.78, 5) is 14.1. The van der Waals surface area contributed by atoms with Gasteiger partial charge >= 0.3 is 0 Å². The molecule has 2 rings (SSSR count). The van der Waals surface area contributed by atoms with Crippen LogP contribution in [0.5, 0.6) is 0 Å². The Hall–Kier alpha value is -1.40. The number of hydrogen-bond acceptors (Lipinski definition) is 4. The van der Waals surface area contributed by atoms with Crippen molar-refractivity contribution in [3.05, 3.63) is 35.9 Å². The fourth-order valence-electron chi connectivity index (χ4n) is 3.16. The largest absolute Gasteiger partial charge is 0.381 e. The number of sulfone groups is 1. The Labute approximate surface area is 151 Å². The van der Waals surface area contributed by atoms with E-state index < -0.39 is 9.84 Å². The van der Waals surface area contributed by atoms with Crippen LogP contribution in [0.3, 0.4) is 0 Å². The Morgan fingerprint density at radius 1 is 1.16 bits per heavy atom. The van der Waals surface area contributed by atoms with Crippen LogP contribution in [0.25, 0.3) is 0 Å². The molecule has 140 valence electrons. The molecule has 1 saturated heterocycles. The van der Waals surface area contributed by atoms with E-state index in [0.717, 1.165) is 12.8 Å². The van der Waals surface area contributed by atoms with Gasteiger partial charge in [-0.15, -0.1) is 0 Å². The first-order valence-corrected chi connectivity index (χ1v) is 11.0. The van der Waals surface area contributed by atoms with Crippen LogP contribution in [0.1, 0.15) is 37.7 Å². The number of benzene rings is 1. The molecular formula is C19H29NO4S. The lowest BCUT2D eigenvalue weighted by atomic mass is 10.2. The third-order valence-corrected chi connectivity index (χ3v) is 6.37. The zero-order chi connectivity index (χ0) is 18.1. The lowest BCUT2D eigenvalue weighted by molar-refractivity contribution is -0.131. The van der Waals surface area contributed by atoms with E-state index in [-0.39, 0.29) is 11.2 Å². The van der Waals surface area contributed by atoms with Gasteiger partial charge in [0.15, 0.2) is 0 Å². The summed E-state index contributed by atoms with van der Waals surface area (Å²) in [6, 6.07) is 10.2. The van der Waals surface area contributed by atoms with Gasteiger partial charge in [-0.2, -0.15) is 0 Å². The fourth-order valence-corrected chi connectivity index (χ4v) is 4.29. The first-order chi connectivity index (χ1) is 12.0. The lowest BCUT2D eigenvalue weighted by Gasteiger charge is -2.20. The van der Waals surface area contributed by atoms with Crippen LogP contribution < -0.4 is 0 Å². The molecule has 0 N–H and O–H groups in total. The van der Waals surface area contributed by atoms with Crippen LogP contribution in [0.15, 0.2) is 30.3 Å². The van der Waals surface area contributed by atoms with E-state index in [1.165, 1.54) is 11.8 Å². The van der Waals surface area contributed by atoms with E-state index in [9.17, 15) is 13.2 Å². The van der Waals surface area contributed by atoms with Crippen molar-refractivity contribution in [1.29, 1.82) is 0 Å². The summed E-state index contributed by atoms with van der Waals surface area (Å²) < 4.78 is 29.0. The summed E-state index contributed by atoms with van der Waals surface area (Å²) in [6.07, 6.45) is 5.32. The molecule has 1 fully saturated rings. The molecular weight excluding hydrogens is 338 g/mol. The van der Waals surface area contributed by atoms with Gasteiger partial charge in [-0.1, -0.05) is 30.3 Å². The van der Waals surface area contributed by atoms with E-state index in [0.29, 0.717) is 52.0 Å². The Bertz CT molecular complexity index is 630. The van der Waals surface area contributed by atoms with Crippen LogP contribution in [-0.2, 0) is 25.8 Å². The van der Waals surface area contributed by atoms with Crippen molar-refractivity contribution in [2.45, 2.75) is 43.8 Å². The predicted octanol–water partition coefficient (Wildman–Crippen LogP) is 2.45. The first kappa shape index (κ1) is 19.9. The summed E-state index contributed by atoms with van der Waals surface area (Å²) in [5, 5.41) is -0.299. The third kappa shape index (κ3) is 7.16. The van der Waals surface area contributed by atoms with Crippen LogP contribution in [-0.4, -0.2) is 57.0 Å². The van der Waals surface area contributed by atoms with E-state index in [1.807, 2.05) is 23.1 Å². The summed E-state index contributed by atoms with van der Waals surface area (Å²) in [5.74, 6) is 0.112. The smallest absolute Gasteiger partial charge is 0.222 e. The molecule has 1 amide bonds. The number of carbonyl (C=O) groups is 1. The molecule has 0 unspecified atom stereocenters. The van der Waals surface area contributed by atoms with Crippen molar-refractivity contribution in [3.63, 3.8) is 0 Å². The topological polar surface area (TPSA) is 63.7 Å². The van der Waals surface area contributed by atoms with Crippen molar-refractivity contribution in [2.24, 2.45) is 0 Å². The van der Waals surface area contributed by atoms with Crippen LogP contribution in [0.2, 0.25) is 0 Å². The second-order valence-corrected chi connectivity index (χ2v) is 9.04. The molecule has 1 aliphatic heterocycles. The SMILES string of the molecule is CS(=O)(=O)[C@@H]1CCCN(C(=O)CCCOCCc2ccccc2)CC1. The number of hydrogen-bond donors (Lipinski definition) is 0. The number of amides is 1. The monoisotopic (exact) mass is 367 g/mol. The Balaban J connectivity index is 1.60. The maximum absolute atomic E-state index is 12.3. The maximum Gasteiger partial charge on any atom is 0.222 e. The number of nitrogens with zero attached hydrogens (tertiary/aromatic N) is 1. The maximum atomic E-state index is 12.3. The molecule has 1 aromatic carbocycles. The molecule has 5 nitrogen and oxygen atoms in total. The van der Waals surface area contributed by atoms with Gasteiger partial charge in [-0.3, -0.25) is 4.79 Å². The number of ether oxygens (including phenoxy) is 1. The van der Waals surface area contributed by atoms with Crippen LogP contribution >= 0.6 is 0 Å². The highest BCUT2D eigenvalue weighted by Gasteiger charge is 2.26. The molecule has 6 heteroatoms. The van der Waals surface area contributed by atoms with E-state index >= 15 is 0 Å². The van der Waals surface area contributed by atoms with Crippen molar-refractivity contribution in [3.8, 4) is 0 Å². The number of rotatable bonds is 8. The molecule has 1 heterocycles. The fraction of sp³-hybridized carbons (Fsp3) is 0.632. The molecule has 0 spiro atoms. The molecule has 0 aromatic heterocycles. The zero-order valence-electron chi connectivity index (χ0n) is 15.0. The Kier molecular flexibility index (Phi) is 7.90. The average Bonchev–Trinajstić information content (AvgIpc) is 2.85. The van der Waals surface area contributed by atoms with E-state index in [1.54, 1.807) is 0 Å². The van der Waals surface area contributed by atoms with Gasteiger partial charge in [-0.25, -0.2) is 8.42 Å². The highest BCUT2D eigenvalue weighted by atomic mass is 32.2. The van der Waals surface area contributed by atoms with Crippen LogP contribution in [0, 0.1) is 0 Å². The Morgan fingerprint density at radius 2 is 1.92 bits per heavy atom. The number of likely N-dealkylation sites (tertiary alicyclic amines) is 1. The number of carbonyl (C=O) groups excluding carboxylic acids is 1. The molecule has 1 atom stereocenters. The molecule has 0 radical (unpaired) electrons. The highest BCUT2D eigenvalue weighted by Crippen LogP contribution is 2.18. The quantitative estimate of drug-likeness (QED) is 0.662. The average molecular weight is 368 g/mol. The minimum atomic E-state index is -3.01. The lowest BCUT2D eigenvalue weighted by Crippen LogP contribution is -2.32. The summed E-state index contributed by atoms with van der Waals surface area (Å²) >= 11 is 0. The molecule has 25 heavy (non-hydrogen) atoms. The molecule has 0 aliphatic carbocycles. The van der Waals surface area contributed by atoms with Crippen molar-refractivity contribution >= 4 is 15.7 Å². The summed E-state index contributed by atoms with van der Waals surface area (Å²) in [5.41, 5.74) is 1.25. The summed E-state index contributed by atoms with van der Waals surface area (Å²) in [7, 11) is -3.01. The second kappa shape index (κ2) is 9.92. The minimum absolute atomic E-state index is 0.112. The van der Waals surface area contributed by atoms with Crippen molar-refractivity contribution in [2.75, 3.05) is 32.6 Å². The second-order valence-electron chi connectivity index (χ2n) is 6.71. The highest BCUT2D eigenvalue weighted by molar-refractivity contribution is 7.91. The van der Waals surface area contributed by atoms with Crippen molar-refractivity contribution < 1.29 is 17.9 Å². The minimum Gasteiger partial charge on any atom is -0.381 e. The van der Waals surface area contributed by atoms with Crippen LogP contribution in [0.4, 0.5) is 0 Å².